The molecule has 2 aromatic carbocycles. The lowest BCUT2D eigenvalue weighted by atomic mass is 9.61. The van der Waals surface area contributed by atoms with Crippen molar-refractivity contribution >= 4 is 0 Å². The molecule has 1 aliphatic heterocycles. The zero-order valence-electron chi connectivity index (χ0n) is 28.2. The molecule has 5 rings (SSSR count). The van der Waals surface area contributed by atoms with Crippen molar-refractivity contribution in [1.82, 2.24) is 20.3 Å². The molecule has 0 fully saturated rings. The summed E-state index contributed by atoms with van der Waals surface area (Å²) in [6.45, 7) is 20.4. The molecule has 1 aliphatic carbocycles. The minimum Gasteiger partial charge on any atom is -0.385 e. The van der Waals surface area contributed by atoms with E-state index in [1.54, 1.807) is 0 Å². The SMILES string of the molecule is CCC1(C)N/C=C\C=C/CC1(C)C1=CCC(C)(c2nc(-c3ccc(C(C)C)cc3)nc(-c3ccc(C(C)(C)C)cc3)n2)C=C1. The van der Waals surface area contributed by atoms with Crippen molar-refractivity contribution in [2.24, 2.45) is 5.41 Å². The summed E-state index contributed by atoms with van der Waals surface area (Å²) < 4.78 is 0. The van der Waals surface area contributed by atoms with E-state index in [2.05, 4.69) is 159 Å². The maximum Gasteiger partial charge on any atom is 0.163 e. The summed E-state index contributed by atoms with van der Waals surface area (Å²) in [5.41, 5.74) is 5.57. The Bertz CT molecular complexity index is 1600. The van der Waals surface area contributed by atoms with Gasteiger partial charge in [-0.05, 0) is 73.4 Å². The van der Waals surface area contributed by atoms with Crippen LogP contribution >= 0.6 is 0 Å². The third-order valence-electron chi connectivity index (χ3n) is 10.2. The molecule has 0 bridgehead atoms. The van der Waals surface area contributed by atoms with Gasteiger partial charge < -0.3 is 5.32 Å². The van der Waals surface area contributed by atoms with Gasteiger partial charge in [0.25, 0.3) is 0 Å². The van der Waals surface area contributed by atoms with Gasteiger partial charge in [0.2, 0.25) is 0 Å². The minimum atomic E-state index is -0.358. The topological polar surface area (TPSA) is 50.7 Å². The van der Waals surface area contributed by atoms with Crippen LogP contribution in [0.3, 0.4) is 0 Å². The maximum atomic E-state index is 5.15. The first-order chi connectivity index (χ1) is 20.8. The zero-order valence-corrected chi connectivity index (χ0v) is 28.2. The molecule has 0 spiro atoms. The highest BCUT2D eigenvalue weighted by molar-refractivity contribution is 5.62. The quantitative estimate of drug-likeness (QED) is 0.312. The zero-order chi connectivity index (χ0) is 31.8. The number of allylic oxidation sites excluding steroid dienone is 6. The largest absolute Gasteiger partial charge is 0.385 e. The normalized spacial score (nSPS) is 26.8. The third kappa shape index (κ3) is 6.09. The lowest BCUT2D eigenvalue weighted by molar-refractivity contribution is 0.170. The highest BCUT2D eigenvalue weighted by Crippen LogP contribution is 2.48. The van der Waals surface area contributed by atoms with Crippen LogP contribution in [-0.2, 0) is 10.8 Å². The van der Waals surface area contributed by atoms with Gasteiger partial charge in [-0.2, -0.15) is 0 Å². The van der Waals surface area contributed by atoms with Crippen LogP contribution in [0.15, 0.2) is 96.8 Å². The van der Waals surface area contributed by atoms with Crippen molar-refractivity contribution in [2.75, 3.05) is 0 Å². The van der Waals surface area contributed by atoms with Crippen molar-refractivity contribution < 1.29 is 0 Å². The van der Waals surface area contributed by atoms with Gasteiger partial charge in [-0.15, -0.1) is 0 Å². The van der Waals surface area contributed by atoms with Gasteiger partial charge in [0.15, 0.2) is 11.6 Å². The summed E-state index contributed by atoms with van der Waals surface area (Å²) in [4.78, 5) is 15.3. The highest BCUT2D eigenvalue weighted by atomic mass is 15.0. The fourth-order valence-corrected chi connectivity index (χ4v) is 6.32. The smallest absolute Gasteiger partial charge is 0.163 e. The lowest BCUT2D eigenvalue weighted by Gasteiger charge is -2.49. The predicted molar refractivity (Wildman–Crippen MR) is 186 cm³/mol. The summed E-state index contributed by atoms with van der Waals surface area (Å²) in [5.74, 6) is 2.71. The standard InChI is InChI=1S/C40H50N4/c1-10-40(9)39(8,24-12-11-13-27-41-40)33-22-25-38(7,26-23-33)36-43-34(30-16-14-29(15-17-30)28(2)3)42-35(44-36)31-18-20-32(21-19-31)37(4,5)6/h11-23,25,27-28,41H,10,24,26H2,1-9H3/b12-11-,27-13-. The van der Waals surface area contributed by atoms with E-state index in [4.69, 9.17) is 15.0 Å². The minimum absolute atomic E-state index is 0.0662. The van der Waals surface area contributed by atoms with E-state index in [9.17, 15) is 0 Å². The fourth-order valence-electron chi connectivity index (χ4n) is 6.32. The predicted octanol–water partition coefficient (Wildman–Crippen LogP) is 10.0. The van der Waals surface area contributed by atoms with Gasteiger partial charge in [0.05, 0.1) is 0 Å². The van der Waals surface area contributed by atoms with Crippen LogP contribution < -0.4 is 5.32 Å². The molecule has 1 N–H and O–H groups in total. The molecule has 0 saturated carbocycles. The number of hydrogen-bond acceptors (Lipinski definition) is 4. The average Bonchev–Trinajstić information content (AvgIpc) is 3.01. The first-order valence-corrected chi connectivity index (χ1v) is 16.3. The molecule has 0 amide bonds. The number of aromatic nitrogens is 3. The molecular weight excluding hydrogens is 536 g/mol. The fraction of sp³-hybridized carbons (Fsp3) is 0.425. The van der Waals surface area contributed by atoms with Crippen molar-refractivity contribution in [3.63, 3.8) is 0 Å². The van der Waals surface area contributed by atoms with E-state index >= 15 is 0 Å². The Morgan fingerprint density at radius 1 is 0.818 bits per heavy atom. The summed E-state index contributed by atoms with van der Waals surface area (Å²) in [6, 6.07) is 17.4. The highest BCUT2D eigenvalue weighted by Gasteiger charge is 2.45. The summed E-state index contributed by atoms with van der Waals surface area (Å²) in [6.07, 6.45) is 18.5. The van der Waals surface area contributed by atoms with Crippen LogP contribution in [0.2, 0.25) is 0 Å². The van der Waals surface area contributed by atoms with Crippen LogP contribution in [0, 0.1) is 5.41 Å². The van der Waals surface area contributed by atoms with E-state index in [1.807, 2.05) is 0 Å². The molecule has 3 unspecified atom stereocenters. The number of rotatable bonds is 6. The Hall–Kier alpha value is -3.79. The second-order valence-corrected chi connectivity index (χ2v) is 14.7. The number of benzene rings is 2. The summed E-state index contributed by atoms with van der Waals surface area (Å²) >= 11 is 0. The Morgan fingerprint density at radius 2 is 1.43 bits per heavy atom. The lowest BCUT2D eigenvalue weighted by Crippen LogP contribution is -2.53. The molecule has 4 nitrogen and oxygen atoms in total. The van der Waals surface area contributed by atoms with Crippen LogP contribution in [0.25, 0.3) is 22.8 Å². The number of nitrogens with zero attached hydrogens (tertiary/aromatic N) is 3. The van der Waals surface area contributed by atoms with Gasteiger partial charge >= 0.3 is 0 Å². The second kappa shape index (κ2) is 12.0. The van der Waals surface area contributed by atoms with E-state index in [0.717, 1.165) is 47.9 Å². The number of nitrogens with one attached hydrogen (secondary N) is 1. The monoisotopic (exact) mass is 586 g/mol. The number of hydrogen-bond donors (Lipinski definition) is 1. The Morgan fingerprint density at radius 3 is 1.95 bits per heavy atom. The molecule has 230 valence electrons. The molecule has 44 heavy (non-hydrogen) atoms. The van der Waals surface area contributed by atoms with E-state index < -0.39 is 0 Å². The van der Waals surface area contributed by atoms with Gasteiger partial charge in [0, 0.05) is 27.5 Å². The molecule has 4 heteroatoms. The average molecular weight is 587 g/mol. The van der Waals surface area contributed by atoms with Gasteiger partial charge in [0.1, 0.15) is 5.82 Å². The molecule has 2 heterocycles. The first kappa shape index (κ1) is 31.6. The van der Waals surface area contributed by atoms with Crippen LogP contribution in [0.5, 0.6) is 0 Å². The van der Waals surface area contributed by atoms with Crippen LogP contribution in [0.1, 0.15) is 104 Å². The first-order valence-electron chi connectivity index (χ1n) is 16.3. The van der Waals surface area contributed by atoms with Crippen molar-refractivity contribution in [3.8, 4) is 22.8 Å². The molecule has 1 aromatic heterocycles. The molecule has 0 radical (unpaired) electrons. The van der Waals surface area contributed by atoms with E-state index in [-0.39, 0.29) is 21.8 Å². The molecule has 3 atom stereocenters. The van der Waals surface area contributed by atoms with Gasteiger partial charge in [-0.25, -0.2) is 15.0 Å². The second-order valence-electron chi connectivity index (χ2n) is 14.7. The Kier molecular flexibility index (Phi) is 8.59. The van der Waals surface area contributed by atoms with Gasteiger partial charge in [-0.1, -0.05) is 127 Å². The van der Waals surface area contributed by atoms with Gasteiger partial charge in [-0.3, -0.25) is 0 Å². The Labute approximate surface area is 265 Å². The third-order valence-corrected chi connectivity index (χ3v) is 10.2. The van der Waals surface area contributed by atoms with E-state index in [1.165, 1.54) is 16.7 Å². The van der Waals surface area contributed by atoms with Crippen LogP contribution in [-0.4, -0.2) is 20.5 Å². The van der Waals surface area contributed by atoms with Crippen molar-refractivity contribution in [2.45, 2.75) is 104 Å². The van der Waals surface area contributed by atoms with E-state index in [0.29, 0.717) is 5.92 Å². The van der Waals surface area contributed by atoms with Crippen molar-refractivity contribution in [3.05, 3.63) is 114 Å². The maximum absolute atomic E-state index is 5.15. The summed E-state index contributed by atoms with van der Waals surface area (Å²) in [7, 11) is 0. The van der Waals surface area contributed by atoms with Crippen molar-refractivity contribution in [1.29, 1.82) is 0 Å². The summed E-state index contributed by atoms with van der Waals surface area (Å²) in [5, 5.41) is 3.72. The molecule has 3 aromatic rings. The molecular formula is C40H50N4. The molecule has 2 aliphatic rings. The molecule has 0 saturated heterocycles. The van der Waals surface area contributed by atoms with Crippen LogP contribution in [0.4, 0.5) is 0 Å². The Balaban J connectivity index is 1.56.